The summed E-state index contributed by atoms with van der Waals surface area (Å²) >= 11 is 0. The fraction of sp³-hybridized carbons (Fsp3) is 0.375. The number of aryl methyl sites for hydroxylation is 2. The number of ether oxygens (including phenoxy) is 1. The topological polar surface area (TPSA) is 88.8 Å². The highest BCUT2D eigenvalue weighted by molar-refractivity contribution is 5.92. The zero-order chi connectivity index (χ0) is 23.4. The number of carbonyl (C=O) groups is 2. The second-order valence-electron chi connectivity index (χ2n) is 8.16. The molecule has 170 valence electrons. The number of pyridine rings is 1. The largest absolute Gasteiger partial charge is 0.483 e. The molecule has 1 aromatic heterocycles. The van der Waals surface area contributed by atoms with Crippen LogP contribution in [0.25, 0.3) is 0 Å². The van der Waals surface area contributed by atoms with Crippen LogP contribution in [-0.2, 0) is 4.79 Å². The van der Waals surface area contributed by atoms with Gasteiger partial charge in [0.05, 0.1) is 6.20 Å². The van der Waals surface area contributed by atoms with Crippen molar-refractivity contribution in [2.75, 3.05) is 26.2 Å². The number of piperazine rings is 1. The van der Waals surface area contributed by atoms with Crippen LogP contribution in [0, 0.1) is 19.7 Å². The number of rotatable bonds is 7. The van der Waals surface area contributed by atoms with E-state index in [1.165, 1.54) is 18.3 Å². The van der Waals surface area contributed by atoms with Crippen molar-refractivity contribution in [1.29, 1.82) is 0 Å². The van der Waals surface area contributed by atoms with Gasteiger partial charge in [-0.25, -0.2) is 9.37 Å². The molecule has 1 fully saturated rings. The van der Waals surface area contributed by atoms with Crippen molar-refractivity contribution in [3.63, 3.8) is 0 Å². The summed E-state index contributed by atoms with van der Waals surface area (Å²) < 4.78 is 20.5. The minimum absolute atomic E-state index is 0.0171. The van der Waals surface area contributed by atoms with E-state index in [4.69, 9.17) is 10.5 Å². The summed E-state index contributed by atoms with van der Waals surface area (Å²) in [4.78, 5) is 31.6. The first kappa shape index (κ1) is 23.4. The summed E-state index contributed by atoms with van der Waals surface area (Å²) in [6.45, 7) is 11.4. The Kier molecular flexibility index (Phi) is 7.25. The van der Waals surface area contributed by atoms with Gasteiger partial charge < -0.3 is 15.4 Å². The summed E-state index contributed by atoms with van der Waals surface area (Å²) in [7, 11) is 0. The predicted molar refractivity (Wildman–Crippen MR) is 120 cm³/mol. The van der Waals surface area contributed by atoms with E-state index in [-0.39, 0.29) is 23.5 Å². The van der Waals surface area contributed by atoms with Crippen LogP contribution < -0.4 is 10.5 Å². The number of nitrogens with zero attached hydrogens (tertiary/aromatic N) is 3. The van der Waals surface area contributed by atoms with Crippen LogP contribution in [-0.4, -0.2) is 58.8 Å². The lowest BCUT2D eigenvalue weighted by atomic mass is 10.0. The number of carbonyl (C=O) groups excluding carboxylic acids is 2. The Morgan fingerprint density at radius 2 is 2.06 bits per heavy atom. The molecule has 2 atom stereocenters. The summed E-state index contributed by atoms with van der Waals surface area (Å²) in [5.41, 5.74) is 7.39. The molecule has 0 spiro atoms. The van der Waals surface area contributed by atoms with Crippen molar-refractivity contribution >= 4 is 11.8 Å². The number of halogens is 1. The van der Waals surface area contributed by atoms with Crippen LogP contribution in [0.15, 0.2) is 43.1 Å². The first-order valence-corrected chi connectivity index (χ1v) is 10.5. The molecule has 0 unspecified atom stereocenters. The van der Waals surface area contributed by atoms with E-state index in [9.17, 15) is 14.0 Å². The van der Waals surface area contributed by atoms with E-state index in [1.54, 1.807) is 30.9 Å². The van der Waals surface area contributed by atoms with Crippen LogP contribution in [0.3, 0.4) is 0 Å². The fourth-order valence-electron chi connectivity index (χ4n) is 3.93. The first-order chi connectivity index (χ1) is 15.2. The Labute approximate surface area is 187 Å². The van der Waals surface area contributed by atoms with Crippen molar-refractivity contribution in [3.05, 3.63) is 71.3 Å². The molecule has 8 heteroatoms. The lowest BCUT2D eigenvalue weighted by Gasteiger charge is -2.40. The van der Waals surface area contributed by atoms with Crippen molar-refractivity contribution in [1.82, 2.24) is 14.8 Å². The third kappa shape index (κ3) is 5.31. The number of hydrogen-bond acceptors (Lipinski definition) is 5. The molecular formula is C24H29FN4O3. The number of aromatic nitrogens is 1. The molecule has 2 aromatic rings. The Morgan fingerprint density at radius 1 is 1.31 bits per heavy atom. The van der Waals surface area contributed by atoms with E-state index >= 15 is 0 Å². The molecule has 2 amide bonds. The summed E-state index contributed by atoms with van der Waals surface area (Å²) in [6.07, 6.45) is 2.31. The predicted octanol–water partition coefficient (Wildman–Crippen LogP) is 2.78. The van der Waals surface area contributed by atoms with Gasteiger partial charge in [-0.1, -0.05) is 18.7 Å². The molecule has 7 nitrogen and oxygen atoms in total. The van der Waals surface area contributed by atoms with Crippen molar-refractivity contribution in [2.45, 2.75) is 32.9 Å². The standard InChI is InChI=1S/C24H29FN4O3/c1-5-22(30)29-9-8-28(13-17(29)4)14-21(18-7-6-15(2)20(25)11-18)32-19-10-16(3)23(24(26)31)27-12-19/h5-7,10-12,17,21H,1,8-9,13-14H2,2-4H3,(H2,26,31)/t17-,21-/m1/s1. The average Bonchev–Trinajstić information content (AvgIpc) is 2.74. The number of benzene rings is 1. The lowest BCUT2D eigenvalue weighted by Crippen LogP contribution is -2.54. The molecule has 0 aliphatic carbocycles. The molecule has 0 saturated carbocycles. The molecule has 0 radical (unpaired) electrons. The molecule has 2 heterocycles. The molecule has 0 bridgehead atoms. The molecule has 1 aromatic carbocycles. The van der Waals surface area contributed by atoms with Gasteiger partial charge in [0, 0.05) is 32.2 Å². The van der Waals surface area contributed by atoms with Gasteiger partial charge in [0.25, 0.3) is 5.91 Å². The van der Waals surface area contributed by atoms with Crippen LogP contribution in [0.1, 0.15) is 40.2 Å². The molecule has 2 N–H and O–H groups in total. The van der Waals surface area contributed by atoms with Crippen LogP contribution >= 0.6 is 0 Å². The Bertz CT molecular complexity index is 1030. The van der Waals surface area contributed by atoms with Crippen molar-refractivity contribution in [2.24, 2.45) is 5.73 Å². The highest BCUT2D eigenvalue weighted by atomic mass is 19.1. The molecule has 1 aliphatic rings. The normalized spacial score (nSPS) is 17.6. The third-order valence-corrected chi connectivity index (χ3v) is 5.73. The van der Waals surface area contributed by atoms with Crippen LogP contribution in [0.2, 0.25) is 0 Å². The smallest absolute Gasteiger partial charge is 0.267 e. The van der Waals surface area contributed by atoms with Crippen LogP contribution in [0.5, 0.6) is 5.75 Å². The van der Waals surface area contributed by atoms with Gasteiger partial charge >= 0.3 is 0 Å². The molecular weight excluding hydrogens is 411 g/mol. The molecule has 3 rings (SSSR count). The van der Waals surface area contributed by atoms with Gasteiger partial charge in [-0.3, -0.25) is 14.5 Å². The Hall–Kier alpha value is -3.26. The van der Waals surface area contributed by atoms with Crippen molar-refractivity contribution in [3.8, 4) is 5.75 Å². The maximum absolute atomic E-state index is 14.3. The fourth-order valence-corrected chi connectivity index (χ4v) is 3.93. The summed E-state index contributed by atoms with van der Waals surface area (Å²) in [5.74, 6) is -0.523. The highest BCUT2D eigenvalue weighted by Gasteiger charge is 2.29. The van der Waals surface area contributed by atoms with Gasteiger partial charge in [0.15, 0.2) is 0 Å². The van der Waals surface area contributed by atoms with E-state index in [0.717, 1.165) is 0 Å². The van der Waals surface area contributed by atoms with Gasteiger partial charge in [0.1, 0.15) is 23.4 Å². The zero-order valence-electron chi connectivity index (χ0n) is 18.7. The quantitative estimate of drug-likeness (QED) is 0.669. The average molecular weight is 441 g/mol. The van der Waals surface area contributed by atoms with Gasteiger partial charge in [0.2, 0.25) is 5.91 Å². The molecule has 1 saturated heterocycles. The summed E-state index contributed by atoms with van der Waals surface area (Å²) in [6, 6.07) is 6.78. The molecule has 32 heavy (non-hydrogen) atoms. The van der Waals surface area contributed by atoms with E-state index in [2.05, 4.69) is 16.5 Å². The van der Waals surface area contributed by atoms with E-state index < -0.39 is 12.0 Å². The second kappa shape index (κ2) is 9.91. The van der Waals surface area contributed by atoms with Crippen LogP contribution in [0.4, 0.5) is 4.39 Å². The Balaban J connectivity index is 1.83. The zero-order valence-corrected chi connectivity index (χ0v) is 18.7. The minimum atomic E-state index is -0.605. The van der Waals surface area contributed by atoms with Crippen molar-refractivity contribution < 1.29 is 18.7 Å². The minimum Gasteiger partial charge on any atom is -0.483 e. The maximum atomic E-state index is 14.3. The molecule has 1 aliphatic heterocycles. The second-order valence-corrected chi connectivity index (χ2v) is 8.16. The lowest BCUT2D eigenvalue weighted by molar-refractivity contribution is -0.130. The SMILES string of the molecule is C=CC(=O)N1CCN(C[C@@H](Oc2cnc(C(N)=O)c(C)c2)c2ccc(C)c(F)c2)C[C@H]1C. The Morgan fingerprint density at radius 3 is 2.66 bits per heavy atom. The van der Waals surface area contributed by atoms with E-state index in [0.29, 0.717) is 48.6 Å². The first-order valence-electron chi connectivity index (χ1n) is 10.5. The highest BCUT2D eigenvalue weighted by Crippen LogP contribution is 2.26. The summed E-state index contributed by atoms with van der Waals surface area (Å²) in [5, 5.41) is 0. The third-order valence-electron chi connectivity index (χ3n) is 5.73. The van der Waals surface area contributed by atoms with Gasteiger partial charge in [-0.15, -0.1) is 0 Å². The number of hydrogen-bond donors (Lipinski definition) is 1. The van der Waals surface area contributed by atoms with E-state index in [1.807, 2.05) is 13.0 Å². The number of nitrogens with two attached hydrogens (primary N) is 1. The number of amides is 2. The maximum Gasteiger partial charge on any atom is 0.267 e. The van der Waals surface area contributed by atoms with Gasteiger partial charge in [-0.05, 0) is 55.7 Å². The number of primary amides is 1. The monoisotopic (exact) mass is 440 g/mol. The van der Waals surface area contributed by atoms with Gasteiger partial charge in [-0.2, -0.15) is 0 Å².